The van der Waals surface area contributed by atoms with Gasteiger partial charge in [-0.15, -0.1) is 0 Å². The minimum absolute atomic E-state index is 0.0507. The monoisotopic (exact) mass is 487 g/mol. The molecule has 2 atom stereocenters. The average molecular weight is 488 g/mol. The lowest BCUT2D eigenvalue weighted by Gasteiger charge is -2.19. The second-order valence-corrected chi connectivity index (χ2v) is 9.02. The van der Waals surface area contributed by atoms with Crippen molar-refractivity contribution in [2.75, 3.05) is 11.9 Å². The highest BCUT2D eigenvalue weighted by Crippen LogP contribution is 2.26. The summed E-state index contributed by atoms with van der Waals surface area (Å²) in [5, 5.41) is 5.58. The molecule has 7 nitrogen and oxygen atoms in total. The SMILES string of the molecule is CCC(CC)Oc1cc(OC(C)C)cc(C(=O)NCC(N)CC(C)C(=O)Nc2ccc(F)cc2)c1. The van der Waals surface area contributed by atoms with Crippen LogP contribution in [-0.4, -0.2) is 36.6 Å². The number of rotatable bonds is 13. The van der Waals surface area contributed by atoms with E-state index in [0.29, 0.717) is 29.2 Å². The summed E-state index contributed by atoms with van der Waals surface area (Å²) >= 11 is 0. The summed E-state index contributed by atoms with van der Waals surface area (Å²) in [7, 11) is 0. The molecule has 0 aliphatic carbocycles. The lowest BCUT2D eigenvalue weighted by atomic mass is 10.0. The van der Waals surface area contributed by atoms with Gasteiger partial charge in [0.15, 0.2) is 0 Å². The van der Waals surface area contributed by atoms with Crippen molar-refractivity contribution in [2.24, 2.45) is 11.7 Å². The molecule has 4 N–H and O–H groups in total. The zero-order valence-electron chi connectivity index (χ0n) is 21.3. The first kappa shape index (κ1) is 28.1. The van der Waals surface area contributed by atoms with Gasteiger partial charge in [0.25, 0.3) is 5.91 Å². The highest BCUT2D eigenvalue weighted by atomic mass is 19.1. The smallest absolute Gasteiger partial charge is 0.251 e. The third-order valence-electron chi connectivity index (χ3n) is 5.47. The summed E-state index contributed by atoms with van der Waals surface area (Å²) in [6.07, 6.45) is 2.08. The minimum atomic E-state index is -0.428. The number of hydrogen-bond donors (Lipinski definition) is 3. The fourth-order valence-corrected chi connectivity index (χ4v) is 3.53. The van der Waals surface area contributed by atoms with Gasteiger partial charge in [-0.05, 0) is 69.5 Å². The van der Waals surface area contributed by atoms with E-state index >= 15 is 0 Å². The van der Waals surface area contributed by atoms with Crippen molar-refractivity contribution < 1.29 is 23.5 Å². The van der Waals surface area contributed by atoms with Crippen LogP contribution in [0.3, 0.4) is 0 Å². The van der Waals surface area contributed by atoms with Crippen LogP contribution in [0.25, 0.3) is 0 Å². The Balaban J connectivity index is 1.96. The molecule has 35 heavy (non-hydrogen) atoms. The van der Waals surface area contributed by atoms with Crippen molar-refractivity contribution in [1.29, 1.82) is 0 Å². The van der Waals surface area contributed by atoms with Crippen LogP contribution < -0.4 is 25.8 Å². The Kier molecular flexibility index (Phi) is 11.0. The number of hydrogen-bond acceptors (Lipinski definition) is 5. The second-order valence-electron chi connectivity index (χ2n) is 9.02. The summed E-state index contributed by atoms with van der Waals surface area (Å²) < 4.78 is 24.9. The van der Waals surface area contributed by atoms with Gasteiger partial charge in [0.1, 0.15) is 17.3 Å². The maximum absolute atomic E-state index is 13.0. The van der Waals surface area contributed by atoms with E-state index in [1.807, 2.05) is 13.8 Å². The van der Waals surface area contributed by atoms with E-state index < -0.39 is 12.0 Å². The van der Waals surface area contributed by atoms with Crippen molar-refractivity contribution in [3.63, 3.8) is 0 Å². The first-order chi connectivity index (χ1) is 16.6. The highest BCUT2D eigenvalue weighted by molar-refractivity contribution is 5.95. The number of nitrogens with two attached hydrogens (primary N) is 1. The molecular weight excluding hydrogens is 449 g/mol. The Morgan fingerprint density at radius 3 is 2.14 bits per heavy atom. The molecule has 2 rings (SSSR count). The molecule has 2 aromatic carbocycles. The van der Waals surface area contributed by atoms with Gasteiger partial charge in [0.05, 0.1) is 12.2 Å². The van der Waals surface area contributed by atoms with Gasteiger partial charge in [-0.2, -0.15) is 0 Å². The van der Waals surface area contributed by atoms with E-state index in [9.17, 15) is 14.0 Å². The van der Waals surface area contributed by atoms with Gasteiger partial charge in [-0.3, -0.25) is 9.59 Å². The summed E-state index contributed by atoms with van der Waals surface area (Å²) in [5.41, 5.74) is 7.12. The van der Waals surface area contributed by atoms with Crippen LogP contribution in [0, 0.1) is 11.7 Å². The van der Waals surface area contributed by atoms with E-state index in [2.05, 4.69) is 24.5 Å². The predicted molar refractivity (Wildman–Crippen MR) is 136 cm³/mol. The largest absolute Gasteiger partial charge is 0.491 e. The Labute approximate surface area is 207 Å². The molecule has 192 valence electrons. The van der Waals surface area contributed by atoms with E-state index in [1.54, 1.807) is 25.1 Å². The molecule has 0 aliphatic heterocycles. The molecule has 0 bridgehead atoms. The molecule has 0 saturated heterocycles. The van der Waals surface area contributed by atoms with Gasteiger partial charge in [0, 0.05) is 35.8 Å². The molecule has 0 saturated carbocycles. The average Bonchev–Trinajstić information content (AvgIpc) is 2.81. The van der Waals surface area contributed by atoms with E-state index in [1.165, 1.54) is 24.3 Å². The van der Waals surface area contributed by atoms with Crippen LogP contribution >= 0.6 is 0 Å². The molecular formula is C27H38FN3O4. The van der Waals surface area contributed by atoms with E-state index in [4.69, 9.17) is 15.2 Å². The fourth-order valence-electron chi connectivity index (χ4n) is 3.53. The minimum Gasteiger partial charge on any atom is -0.491 e. The first-order valence-electron chi connectivity index (χ1n) is 12.2. The summed E-state index contributed by atoms with van der Waals surface area (Å²) in [6.45, 7) is 9.90. The van der Waals surface area contributed by atoms with Crippen LogP contribution in [0.4, 0.5) is 10.1 Å². The van der Waals surface area contributed by atoms with Crippen LogP contribution in [0.2, 0.25) is 0 Å². The quantitative estimate of drug-likeness (QED) is 0.373. The number of benzene rings is 2. The third-order valence-corrected chi connectivity index (χ3v) is 5.47. The number of carbonyl (C=O) groups is 2. The van der Waals surface area contributed by atoms with E-state index in [0.717, 1.165) is 12.8 Å². The number of carbonyl (C=O) groups excluding carboxylic acids is 2. The topological polar surface area (TPSA) is 103 Å². The van der Waals surface area contributed by atoms with Gasteiger partial charge < -0.3 is 25.8 Å². The summed E-state index contributed by atoms with van der Waals surface area (Å²) in [4.78, 5) is 25.3. The van der Waals surface area contributed by atoms with Gasteiger partial charge in [-0.25, -0.2) is 4.39 Å². The fraction of sp³-hybridized carbons (Fsp3) is 0.481. The van der Waals surface area contributed by atoms with E-state index in [-0.39, 0.29) is 36.4 Å². The molecule has 2 aromatic rings. The number of ether oxygens (including phenoxy) is 2. The number of amides is 2. The molecule has 0 aromatic heterocycles. The lowest BCUT2D eigenvalue weighted by Crippen LogP contribution is -2.39. The predicted octanol–water partition coefficient (Wildman–Crippen LogP) is 4.90. The van der Waals surface area contributed by atoms with Crippen LogP contribution in [-0.2, 0) is 4.79 Å². The molecule has 2 unspecified atom stereocenters. The van der Waals surface area contributed by atoms with Crippen molar-refractivity contribution in [3.05, 3.63) is 53.8 Å². The zero-order valence-corrected chi connectivity index (χ0v) is 21.3. The highest BCUT2D eigenvalue weighted by Gasteiger charge is 2.19. The number of halogens is 1. The normalized spacial score (nSPS) is 12.8. The van der Waals surface area contributed by atoms with Gasteiger partial charge >= 0.3 is 0 Å². The maximum Gasteiger partial charge on any atom is 0.251 e. The third kappa shape index (κ3) is 9.56. The first-order valence-corrected chi connectivity index (χ1v) is 12.2. The Hall–Kier alpha value is -3.13. The maximum atomic E-state index is 13.0. The summed E-state index contributed by atoms with van der Waals surface area (Å²) in [5.74, 6) is -0.145. The number of anilines is 1. The van der Waals surface area contributed by atoms with Gasteiger partial charge in [-0.1, -0.05) is 20.8 Å². The standard InChI is InChI=1S/C27H38FN3O4/c1-6-23(7-2)35-25-14-19(13-24(15-25)34-17(3)4)27(33)30-16-21(29)12-18(5)26(32)31-22-10-8-20(28)9-11-22/h8-11,13-15,17-18,21,23H,6-7,12,16,29H2,1-5H3,(H,30,33)(H,31,32). The van der Waals surface area contributed by atoms with Crippen LogP contribution in [0.15, 0.2) is 42.5 Å². The van der Waals surface area contributed by atoms with Gasteiger partial charge in [0.2, 0.25) is 5.91 Å². The Morgan fingerprint density at radius 2 is 1.57 bits per heavy atom. The van der Waals surface area contributed by atoms with Crippen LogP contribution in [0.1, 0.15) is 64.2 Å². The Bertz CT molecular complexity index is 961. The molecule has 0 fully saturated rings. The molecule has 2 amide bonds. The lowest BCUT2D eigenvalue weighted by molar-refractivity contribution is -0.119. The number of nitrogens with one attached hydrogen (secondary N) is 2. The molecule has 0 heterocycles. The van der Waals surface area contributed by atoms with Crippen LogP contribution in [0.5, 0.6) is 11.5 Å². The Morgan fingerprint density at radius 1 is 0.971 bits per heavy atom. The second kappa shape index (κ2) is 13.7. The van der Waals surface area contributed by atoms with Crippen molar-refractivity contribution >= 4 is 17.5 Å². The van der Waals surface area contributed by atoms with Crippen molar-refractivity contribution in [3.8, 4) is 11.5 Å². The zero-order chi connectivity index (χ0) is 26.0. The van der Waals surface area contributed by atoms with Crippen molar-refractivity contribution in [2.45, 2.75) is 72.1 Å². The van der Waals surface area contributed by atoms with Crippen molar-refractivity contribution in [1.82, 2.24) is 5.32 Å². The molecule has 8 heteroatoms. The molecule has 0 spiro atoms. The summed E-state index contributed by atoms with van der Waals surface area (Å²) in [6, 6.07) is 10.3. The molecule has 0 radical (unpaired) electrons. The molecule has 0 aliphatic rings.